The fourth-order valence-corrected chi connectivity index (χ4v) is 1.47. The second kappa shape index (κ2) is 4.18. The number of aromatic nitrogens is 1. The van der Waals surface area contributed by atoms with Gasteiger partial charge >= 0.3 is 5.97 Å². The van der Waals surface area contributed by atoms with Crippen LogP contribution in [0.15, 0.2) is 30.5 Å². The number of methoxy groups -OCH3 is 2. The molecule has 0 unspecified atom stereocenters. The molecule has 0 aliphatic heterocycles. The Morgan fingerprint density at radius 1 is 1.25 bits per heavy atom. The van der Waals surface area contributed by atoms with Crippen LogP contribution in [-0.2, 0) is 4.74 Å². The number of nitrogens with zero attached hydrogens (tertiary/aromatic N) is 1. The maximum absolute atomic E-state index is 11.3. The topological polar surface area (TPSA) is 48.4 Å². The molecule has 0 amide bonds. The van der Waals surface area contributed by atoms with Gasteiger partial charge in [0.05, 0.1) is 25.3 Å². The molecule has 2 aromatic rings. The zero-order chi connectivity index (χ0) is 11.5. The third-order valence-electron chi connectivity index (χ3n) is 2.31. The minimum Gasteiger partial charge on any atom is -0.497 e. The zero-order valence-electron chi connectivity index (χ0n) is 9.06. The summed E-state index contributed by atoms with van der Waals surface area (Å²) in [5, 5.41) is 0.849. The first-order valence-electron chi connectivity index (χ1n) is 4.76. The Kier molecular flexibility index (Phi) is 2.72. The molecule has 0 aliphatic carbocycles. The molecule has 0 radical (unpaired) electrons. The highest BCUT2D eigenvalue weighted by Crippen LogP contribution is 2.20. The van der Waals surface area contributed by atoms with E-state index in [4.69, 9.17) is 4.74 Å². The summed E-state index contributed by atoms with van der Waals surface area (Å²) in [5.74, 6) is 0.341. The van der Waals surface area contributed by atoms with Gasteiger partial charge in [0.2, 0.25) is 0 Å². The molecule has 0 fully saturated rings. The van der Waals surface area contributed by atoms with Crippen molar-refractivity contribution in [2.24, 2.45) is 0 Å². The highest BCUT2D eigenvalue weighted by Gasteiger charge is 2.07. The summed E-state index contributed by atoms with van der Waals surface area (Å²) in [6, 6.07) is 7.23. The van der Waals surface area contributed by atoms with Crippen molar-refractivity contribution < 1.29 is 14.3 Å². The number of ether oxygens (including phenoxy) is 2. The van der Waals surface area contributed by atoms with E-state index in [1.54, 1.807) is 13.2 Å². The number of carbonyl (C=O) groups is 1. The molecule has 1 aromatic carbocycles. The van der Waals surface area contributed by atoms with Gasteiger partial charge in [-0.05, 0) is 24.3 Å². The summed E-state index contributed by atoms with van der Waals surface area (Å²) < 4.78 is 9.74. The SMILES string of the molecule is COC(=O)c1cnc2ccc(OC)cc2c1. The monoisotopic (exact) mass is 217 g/mol. The van der Waals surface area contributed by atoms with Gasteiger partial charge in [0.1, 0.15) is 5.75 Å². The smallest absolute Gasteiger partial charge is 0.339 e. The minimum atomic E-state index is -0.391. The maximum Gasteiger partial charge on any atom is 0.339 e. The summed E-state index contributed by atoms with van der Waals surface area (Å²) in [7, 11) is 2.94. The normalized spacial score (nSPS) is 10.1. The van der Waals surface area contributed by atoms with E-state index in [1.807, 2.05) is 18.2 Å². The standard InChI is InChI=1S/C12H11NO3/c1-15-10-3-4-11-8(6-10)5-9(7-13-11)12(14)16-2/h3-7H,1-2H3. The van der Waals surface area contributed by atoms with E-state index in [0.717, 1.165) is 16.7 Å². The number of pyridine rings is 1. The zero-order valence-corrected chi connectivity index (χ0v) is 9.06. The number of esters is 1. The Labute approximate surface area is 92.8 Å². The van der Waals surface area contributed by atoms with E-state index in [2.05, 4.69) is 9.72 Å². The summed E-state index contributed by atoms with van der Waals surface area (Å²) in [6.07, 6.45) is 1.50. The van der Waals surface area contributed by atoms with Crippen LogP contribution in [0.1, 0.15) is 10.4 Å². The lowest BCUT2D eigenvalue weighted by molar-refractivity contribution is 0.0600. The van der Waals surface area contributed by atoms with Crippen LogP contribution in [0.3, 0.4) is 0 Å². The number of rotatable bonds is 2. The van der Waals surface area contributed by atoms with Crippen molar-refractivity contribution >= 4 is 16.9 Å². The van der Waals surface area contributed by atoms with Gasteiger partial charge in [-0.15, -0.1) is 0 Å². The van der Waals surface area contributed by atoms with Gasteiger partial charge in [0, 0.05) is 11.6 Å². The van der Waals surface area contributed by atoms with Crippen LogP contribution in [0.4, 0.5) is 0 Å². The molecule has 0 saturated carbocycles. The van der Waals surface area contributed by atoms with Gasteiger partial charge in [-0.3, -0.25) is 4.98 Å². The van der Waals surface area contributed by atoms with E-state index in [0.29, 0.717) is 5.56 Å². The van der Waals surface area contributed by atoms with E-state index >= 15 is 0 Å². The highest BCUT2D eigenvalue weighted by atomic mass is 16.5. The van der Waals surface area contributed by atoms with Crippen molar-refractivity contribution in [1.29, 1.82) is 0 Å². The molecule has 82 valence electrons. The van der Waals surface area contributed by atoms with Crippen LogP contribution in [0.25, 0.3) is 10.9 Å². The Bertz CT molecular complexity index is 537. The predicted octanol–water partition coefficient (Wildman–Crippen LogP) is 2.03. The quantitative estimate of drug-likeness (QED) is 0.722. The molecule has 0 spiro atoms. The van der Waals surface area contributed by atoms with Gasteiger partial charge in [-0.2, -0.15) is 0 Å². The van der Waals surface area contributed by atoms with E-state index in [9.17, 15) is 4.79 Å². The predicted molar refractivity (Wildman–Crippen MR) is 59.6 cm³/mol. The molecule has 16 heavy (non-hydrogen) atoms. The van der Waals surface area contributed by atoms with Crippen LogP contribution in [0, 0.1) is 0 Å². The maximum atomic E-state index is 11.3. The highest BCUT2D eigenvalue weighted by molar-refractivity contribution is 5.93. The fourth-order valence-electron chi connectivity index (χ4n) is 1.47. The Morgan fingerprint density at radius 2 is 2.06 bits per heavy atom. The van der Waals surface area contributed by atoms with Crippen molar-refractivity contribution in [2.45, 2.75) is 0 Å². The molecular formula is C12H11NO3. The average molecular weight is 217 g/mol. The summed E-state index contributed by atoms with van der Waals surface area (Å²) in [6.45, 7) is 0. The lowest BCUT2D eigenvalue weighted by atomic mass is 10.1. The molecule has 0 N–H and O–H groups in total. The molecule has 2 rings (SSSR count). The van der Waals surface area contributed by atoms with Crippen molar-refractivity contribution in [2.75, 3.05) is 14.2 Å². The van der Waals surface area contributed by atoms with Crippen molar-refractivity contribution in [3.05, 3.63) is 36.0 Å². The van der Waals surface area contributed by atoms with Gasteiger partial charge in [-0.25, -0.2) is 4.79 Å². The summed E-state index contributed by atoms with van der Waals surface area (Å²) >= 11 is 0. The first-order chi connectivity index (χ1) is 7.74. The second-order valence-corrected chi connectivity index (χ2v) is 3.27. The lowest BCUT2D eigenvalue weighted by Gasteiger charge is -2.03. The summed E-state index contributed by atoms with van der Waals surface area (Å²) in [5.41, 5.74) is 1.25. The van der Waals surface area contributed by atoms with Crippen molar-refractivity contribution in [1.82, 2.24) is 4.98 Å². The largest absolute Gasteiger partial charge is 0.497 e. The van der Waals surface area contributed by atoms with Crippen LogP contribution in [-0.4, -0.2) is 25.2 Å². The first kappa shape index (κ1) is 10.4. The molecular weight excluding hydrogens is 206 g/mol. The molecule has 0 atom stereocenters. The van der Waals surface area contributed by atoms with E-state index in [1.165, 1.54) is 13.3 Å². The van der Waals surface area contributed by atoms with Crippen molar-refractivity contribution in [3.63, 3.8) is 0 Å². The number of hydrogen-bond donors (Lipinski definition) is 0. The van der Waals surface area contributed by atoms with Crippen LogP contribution in [0.5, 0.6) is 5.75 Å². The lowest BCUT2D eigenvalue weighted by Crippen LogP contribution is -2.01. The summed E-state index contributed by atoms with van der Waals surface area (Å²) in [4.78, 5) is 15.5. The number of carbonyl (C=O) groups excluding carboxylic acids is 1. The average Bonchev–Trinajstić information content (AvgIpc) is 2.36. The first-order valence-corrected chi connectivity index (χ1v) is 4.76. The molecule has 0 saturated heterocycles. The van der Waals surface area contributed by atoms with Crippen LogP contribution in [0.2, 0.25) is 0 Å². The molecule has 0 aliphatic rings. The molecule has 1 aromatic heterocycles. The Balaban J connectivity index is 2.54. The van der Waals surface area contributed by atoms with Gasteiger partial charge in [-0.1, -0.05) is 0 Å². The Hall–Kier alpha value is -2.10. The molecule has 4 heteroatoms. The number of benzene rings is 1. The number of fused-ring (bicyclic) bond motifs is 1. The van der Waals surface area contributed by atoms with E-state index < -0.39 is 5.97 Å². The van der Waals surface area contributed by atoms with Crippen LogP contribution < -0.4 is 4.74 Å². The van der Waals surface area contributed by atoms with Crippen molar-refractivity contribution in [3.8, 4) is 5.75 Å². The van der Waals surface area contributed by atoms with Gasteiger partial charge < -0.3 is 9.47 Å². The van der Waals surface area contributed by atoms with Gasteiger partial charge in [0.25, 0.3) is 0 Å². The third-order valence-corrected chi connectivity index (χ3v) is 2.31. The van der Waals surface area contributed by atoms with Crippen LogP contribution >= 0.6 is 0 Å². The minimum absolute atomic E-state index is 0.391. The fraction of sp³-hybridized carbons (Fsp3) is 0.167. The van der Waals surface area contributed by atoms with E-state index in [-0.39, 0.29) is 0 Å². The molecule has 4 nitrogen and oxygen atoms in total. The molecule has 0 bridgehead atoms. The molecule has 1 heterocycles. The Morgan fingerprint density at radius 3 is 2.75 bits per heavy atom. The van der Waals surface area contributed by atoms with Gasteiger partial charge in [0.15, 0.2) is 0 Å². The number of hydrogen-bond acceptors (Lipinski definition) is 4. The second-order valence-electron chi connectivity index (χ2n) is 3.27. The third kappa shape index (κ3) is 1.82.